The number of aromatic nitrogens is 4. The lowest BCUT2D eigenvalue weighted by Crippen LogP contribution is -2.27. The summed E-state index contributed by atoms with van der Waals surface area (Å²) in [6, 6.07) is 13.5. The van der Waals surface area contributed by atoms with Gasteiger partial charge in [0.05, 0.1) is 34.0 Å². The Hall–Kier alpha value is -4.79. The van der Waals surface area contributed by atoms with Crippen molar-refractivity contribution in [3.8, 4) is 16.9 Å². The number of fused-ring (bicyclic) bond motifs is 2. The standard InChI is InChI=1S/C41H43Cl2N5O3/c1-23-16-30(17-24(2)40(23)43)51-15-9-10-31-32-13-14-34(42)39(38-26(4)44-22-45-27(38)5)41(32)48(37(31)21-49)25(3)19-46(7)36-20-47(8)35-18-29(28(6)50)11-12-33(35)36/h11-14,16-18,20-22,25,50H,6,9-10,15,19H2,1-5,7-8H3/t25-/m1/s1. The van der Waals surface area contributed by atoms with Gasteiger partial charge in [0.25, 0.3) is 0 Å². The van der Waals surface area contributed by atoms with Crippen LogP contribution in [-0.4, -0.2) is 50.7 Å². The van der Waals surface area contributed by atoms with Crippen LogP contribution in [0.3, 0.4) is 0 Å². The summed E-state index contributed by atoms with van der Waals surface area (Å²) in [4.78, 5) is 24.5. The van der Waals surface area contributed by atoms with Crippen LogP contribution in [-0.2, 0) is 13.5 Å². The minimum absolute atomic E-state index is 0.0313. The van der Waals surface area contributed by atoms with Gasteiger partial charge in [0.1, 0.15) is 17.8 Å². The number of rotatable bonds is 12. The molecule has 3 aromatic carbocycles. The highest BCUT2D eigenvalue weighted by molar-refractivity contribution is 6.35. The Balaban J connectivity index is 1.43. The minimum Gasteiger partial charge on any atom is -0.508 e. The van der Waals surface area contributed by atoms with Crippen LogP contribution < -0.4 is 9.64 Å². The number of carbonyl (C=O) groups is 1. The monoisotopic (exact) mass is 723 g/mol. The van der Waals surface area contributed by atoms with Gasteiger partial charge >= 0.3 is 0 Å². The fourth-order valence-electron chi connectivity index (χ4n) is 7.36. The molecule has 0 aliphatic heterocycles. The number of likely N-dealkylation sites (N-methyl/N-ethyl adjacent to an activating group) is 1. The number of nitrogens with zero attached hydrogens (tertiary/aromatic N) is 5. The molecule has 3 aromatic heterocycles. The van der Waals surface area contributed by atoms with Crippen molar-refractivity contribution in [2.75, 3.05) is 25.1 Å². The normalized spacial score (nSPS) is 12.1. The number of aliphatic hydroxyl groups is 1. The van der Waals surface area contributed by atoms with Gasteiger partial charge in [0.2, 0.25) is 0 Å². The van der Waals surface area contributed by atoms with E-state index in [1.54, 1.807) is 6.33 Å². The highest BCUT2D eigenvalue weighted by Gasteiger charge is 2.27. The molecule has 10 heteroatoms. The number of hydrogen-bond donors (Lipinski definition) is 1. The SMILES string of the molecule is C=C(O)c1ccc2c(N(C)C[C@@H](C)n3c(C=O)c(CCCOc4cc(C)c(Cl)c(C)c4)c4ccc(Cl)c(-c5c(C)ncnc5C)c43)cn(C)c2c1. The Bertz CT molecular complexity index is 2280. The fourth-order valence-corrected chi connectivity index (χ4v) is 7.71. The summed E-state index contributed by atoms with van der Waals surface area (Å²) in [5.41, 5.74) is 10.4. The average molecular weight is 725 g/mol. The molecule has 264 valence electrons. The first-order valence-corrected chi connectivity index (χ1v) is 17.7. The summed E-state index contributed by atoms with van der Waals surface area (Å²) in [7, 11) is 4.05. The minimum atomic E-state index is -0.156. The van der Waals surface area contributed by atoms with Gasteiger partial charge in [-0.05, 0) is 88.4 Å². The Morgan fingerprint density at radius 1 is 1.02 bits per heavy atom. The van der Waals surface area contributed by atoms with Gasteiger partial charge in [0, 0.05) is 76.8 Å². The van der Waals surface area contributed by atoms with Crippen LogP contribution in [0.5, 0.6) is 5.75 Å². The largest absolute Gasteiger partial charge is 0.508 e. The van der Waals surface area contributed by atoms with Crippen molar-refractivity contribution in [2.24, 2.45) is 7.05 Å². The van der Waals surface area contributed by atoms with E-state index in [2.05, 4.69) is 46.2 Å². The average Bonchev–Trinajstić information content (AvgIpc) is 3.60. The molecule has 0 spiro atoms. The predicted octanol–water partition coefficient (Wildman–Crippen LogP) is 10.2. The molecule has 6 aromatic rings. The van der Waals surface area contributed by atoms with Gasteiger partial charge < -0.3 is 23.9 Å². The van der Waals surface area contributed by atoms with Crippen molar-refractivity contribution in [1.29, 1.82) is 0 Å². The number of aryl methyl sites for hydroxylation is 6. The lowest BCUT2D eigenvalue weighted by molar-refractivity contribution is 0.111. The summed E-state index contributed by atoms with van der Waals surface area (Å²) in [5, 5.41) is 13.3. The summed E-state index contributed by atoms with van der Waals surface area (Å²) in [5.74, 6) is 0.808. The third-order valence-electron chi connectivity index (χ3n) is 9.79. The van der Waals surface area contributed by atoms with E-state index in [4.69, 9.17) is 27.9 Å². The van der Waals surface area contributed by atoms with E-state index in [1.165, 1.54) is 0 Å². The number of ether oxygens (including phenoxy) is 1. The second kappa shape index (κ2) is 14.4. The first-order chi connectivity index (χ1) is 24.3. The maximum atomic E-state index is 13.2. The quantitative estimate of drug-likeness (QED) is 0.0769. The third kappa shape index (κ3) is 6.70. The number of aldehydes is 1. The van der Waals surface area contributed by atoms with E-state index in [-0.39, 0.29) is 11.8 Å². The Morgan fingerprint density at radius 2 is 1.69 bits per heavy atom. The van der Waals surface area contributed by atoms with Crippen molar-refractivity contribution in [2.45, 2.75) is 53.5 Å². The van der Waals surface area contributed by atoms with Crippen LogP contribution in [0.4, 0.5) is 5.69 Å². The summed E-state index contributed by atoms with van der Waals surface area (Å²) < 4.78 is 10.4. The molecule has 0 unspecified atom stereocenters. The van der Waals surface area contributed by atoms with Gasteiger partial charge in [-0.3, -0.25) is 4.79 Å². The molecule has 8 nitrogen and oxygen atoms in total. The fraction of sp³-hybridized carbons (Fsp3) is 0.293. The lowest BCUT2D eigenvalue weighted by atomic mass is 9.98. The van der Waals surface area contributed by atoms with Crippen molar-refractivity contribution < 1.29 is 14.6 Å². The van der Waals surface area contributed by atoms with E-state index in [0.717, 1.165) is 83.8 Å². The molecular weight excluding hydrogens is 681 g/mol. The van der Waals surface area contributed by atoms with Crippen LogP contribution in [0.15, 0.2) is 61.6 Å². The molecule has 0 saturated carbocycles. The maximum absolute atomic E-state index is 13.2. The van der Waals surface area contributed by atoms with Crippen molar-refractivity contribution in [3.63, 3.8) is 0 Å². The van der Waals surface area contributed by atoms with Gasteiger partial charge in [0.15, 0.2) is 6.29 Å². The summed E-state index contributed by atoms with van der Waals surface area (Å²) >= 11 is 13.5. The van der Waals surface area contributed by atoms with Gasteiger partial charge in [-0.1, -0.05) is 48.0 Å². The van der Waals surface area contributed by atoms with Crippen LogP contribution >= 0.6 is 23.2 Å². The molecule has 0 radical (unpaired) electrons. The number of carbonyl (C=O) groups excluding carboxylic acids is 1. The highest BCUT2D eigenvalue weighted by atomic mass is 35.5. The number of anilines is 1. The molecular formula is C41H43Cl2N5O3. The smallest absolute Gasteiger partial charge is 0.166 e. The molecule has 0 amide bonds. The van der Waals surface area contributed by atoms with E-state index >= 15 is 0 Å². The molecule has 1 atom stereocenters. The summed E-state index contributed by atoms with van der Waals surface area (Å²) in [6.45, 7) is 14.7. The lowest BCUT2D eigenvalue weighted by Gasteiger charge is -2.26. The van der Waals surface area contributed by atoms with Crippen molar-refractivity contribution >= 4 is 62.7 Å². The number of hydrogen-bond acceptors (Lipinski definition) is 6. The van der Waals surface area contributed by atoms with Crippen LogP contribution in [0.25, 0.3) is 38.7 Å². The van der Waals surface area contributed by atoms with E-state index < -0.39 is 0 Å². The van der Waals surface area contributed by atoms with Crippen LogP contribution in [0.2, 0.25) is 10.0 Å². The Kier molecular flexibility index (Phi) is 10.2. The van der Waals surface area contributed by atoms with Crippen LogP contribution in [0, 0.1) is 27.7 Å². The van der Waals surface area contributed by atoms with Crippen LogP contribution in [0.1, 0.15) is 63.5 Å². The van der Waals surface area contributed by atoms with Gasteiger partial charge in [-0.15, -0.1) is 0 Å². The first kappa shape index (κ1) is 36.0. The Morgan fingerprint density at radius 3 is 2.33 bits per heavy atom. The molecule has 3 heterocycles. The molecule has 0 aliphatic carbocycles. The highest BCUT2D eigenvalue weighted by Crippen LogP contribution is 2.43. The first-order valence-electron chi connectivity index (χ1n) is 17.0. The van der Waals surface area contributed by atoms with E-state index in [0.29, 0.717) is 42.3 Å². The third-order valence-corrected chi connectivity index (χ3v) is 10.7. The second-order valence-electron chi connectivity index (χ2n) is 13.4. The molecule has 0 bridgehead atoms. The van der Waals surface area contributed by atoms with Gasteiger partial charge in [-0.2, -0.15) is 0 Å². The topological polar surface area (TPSA) is 85.4 Å². The number of aliphatic hydroxyl groups excluding tert-OH is 1. The molecule has 1 N–H and O–H groups in total. The molecule has 51 heavy (non-hydrogen) atoms. The number of halogens is 2. The number of benzene rings is 3. The van der Waals surface area contributed by atoms with Crippen molar-refractivity contribution in [1.82, 2.24) is 19.1 Å². The molecule has 0 aliphatic rings. The zero-order valence-electron chi connectivity index (χ0n) is 30.1. The maximum Gasteiger partial charge on any atom is 0.166 e. The van der Waals surface area contributed by atoms with Crippen molar-refractivity contribution in [3.05, 3.63) is 111 Å². The molecule has 6 rings (SSSR count). The van der Waals surface area contributed by atoms with E-state index in [1.807, 2.05) is 81.8 Å². The molecule has 0 fully saturated rings. The second-order valence-corrected chi connectivity index (χ2v) is 14.2. The van der Waals surface area contributed by atoms with Gasteiger partial charge in [-0.25, -0.2) is 9.97 Å². The zero-order chi connectivity index (χ0) is 36.7. The Labute approximate surface area is 308 Å². The predicted molar refractivity (Wildman–Crippen MR) is 210 cm³/mol. The molecule has 0 saturated heterocycles. The summed E-state index contributed by atoms with van der Waals surface area (Å²) in [6.07, 6.45) is 5.93. The van der Waals surface area contributed by atoms with E-state index in [9.17, 15) is 9.90 Å². The zero-order valence-corrected chi connectivity index (χ0v) is 31.7.